The molecule has 3 unspecified atom stereocenters. The topological polar surface area (TPSA) is 29.5 Å². The molecule has 1 saturated carbocycles. The Kier molecular flexibility index (Phi) is 4.60. The summed E-state index contributed by atoms with van der Waals surface area (Å²) in [5.41, 5.74) is -0.138. The van der Waals surface area contributed by atoms with Gasteiger partial charge in [0.05, 0.1) is 18.3 Å². The van der Waals surface area contributed by atoms with Crippen molar-refractivity contribution in [3.05, 3.63) is 0 Å². The molecule has 90 valence electrons. The lowest BCUT2D eigenvalue weighted by atomic mass is 9.80. The Balaban J connectivity index is 2.29. The Hall–Kier alpha value is -0.0800. The summed E-state index contributed by atoms with van der Waals surface area (Å²) >= 11 is 0. The normalized spacial score (nSPS) is 30.2. The molecule has 0 bridgehead atoms. The molecule has 0 aromatic heterocycles. The molecule has 0 aromatic rings. The summed E-state index contributed by atoms with van der Waals surface area (Å²) in [6.45, 7) is 8.86. The van der Waals surface area contributed by atoms with E-state index in [0.29, 0.717) is 12.5 Å². The minimum absolute atomic E-state index is 0.138. The van der Waals surface area contributed by atoms with Crippen LogP contribution < -0.4 is 0 Å². The lowest BCUT2D eigenvalue weighted by molar-refractivity contribution is -0.0710. The van der Waals surface area contributed by atoms with Crippen molar-refractivity contribution in [1.82, 2.24) is 0 Å². The van der Waals surface area contributed by atoms with E-state index in [0.717, 1.165) is 12.3 Å². The molecule has 0 amide bonds. The molecule has 1 N–H and O–H groups in total. The van der Waals surface area contributed by atoms with Gasteiger partial charge in [-0.1, -0.05) is 19.8 Å². The van der Waals surface area contributed by atoms with Gasteiger partial charge in [-0.05, 0) is 45.4 Å². The van der Waals surface area contributed by atoms with Gasteiger partial charge in [-0.2, -0.15) is 0 Å². The van der Waals surface area contributed by atoms with Gasteiger partial charge in [0.1, 0.15) is 0 Å². The van der Waals surface area contributed by atoms with Crippen molar-refractivity contribution in [2.24, 2.45) is 11.8 Å². The third-order valence-electron chi connectivity index (χ3n) is 3.21. The van der Waals surface area contributed by atoms with Crippen molar-refractivity contribution in [3.8, 4) is 0 Å². The van der Waals surface area contributed by atoms with Gasteiger partial charge in [0.25, 0.3) is 0 Å². The fraction of sp³-hybridized carbons (Fsp3) is 1.00. The molecular weight excluding hydrogens is 188 g/mol. The van der Waals surface area contributed by atoms with Gasteiger partial charge < -0.3 is 9.84 Å². The van der Waals surface area contributed by atoms with Crippen LogP contribution in [-0.4, -0.2) is 23.4 Å². The van der Waals surface area contributed by atoms with Gasteiger partial charge in [0.2, 0.25) is 0 Å². The Bertz CT molecular complexity index is 183. The zero-order valence-electron chi connectivity index (χ0n) is 10.6. The Morgan fingerprint density at radius 2 is 2.00 bits per heavy atom. The van der Waals surface area contributed by atoms with Crippen molar-refractivity contribution < 1.29 is 9.84 Å². The quantitative estimate of drug-likeness (QED) is 0.782. The summed E-state index contributed by atoms with van der Waals surface area (Å²) in [6.07, 6.45) is 4.64. The van der Waals surface area contributed by atoms with E-state index < -0.39 is 0 Å². The minimum Gasteiger partial charge on any atom is -0.390 e. The molecule has 1 rings (SSSR count). The minimum atomic E-state index is -0.271. The van der Waals surface area contributed by atoms with Gasteiger partial charge in [0.15, 0.2) is 0 Å². The molecule has 0 spiro atoms. The number of hydrogen-bond acceptors (Lipinski definition) is 2. The molecule has 0 aliphatic heterocycles. The first-order chi connectivity index (χ1) is 6.88. The Morgan fingerprint density at radius 1 is 1.33 bits per heavy atom. The third-order valence-corrected chi connectivity index (χ3v) is 3.21. The first-order valence-electron chi connectivity index (χ1n) is 6.20. The van der Waals surface area contributed by atoms with E-state index in [9.17, 15) is 5.11 Å². The summed E-state index contributed by atoms with van der Waals surface area (Å²) in [7, 11) is 0. The third kappa shape index (κ3) is 4.98. The number of aliphatic hydroxyl groups is 1. The molecule has 0 heterocycles. The van der Waals surface area contributed by atoms with Crippen LogP contribution in [0, 0.1) is 11.8 Å². The van der Waals surface area contributed by atoms with Crippen molar-refractivity contribution in [2.75, 3.05) is 6.61 Å². The Labute approximate surface area is 94.0 Å². The molecule has 0 radical (unpaired) electrons. The van der Waals surface area contributed by atoms with Crippen LogP contribution in [0.15, 0.2) is 0 Å². The summed E-state index contributed by atoms with van der Waals surface area (Å²) in [5.74, 6) is 1.23. The highest BCUT2D eigenvalue weighted by atomic mass is 16.5. The molecule has 0 saturated heterocycles. The van der Waals surface area contributed by atoms with Crippen molar-refractivity contribution in [3.63, 3.8) is 0 Å². The zero-order chi connectivity index (χ0) is 11.5. The molecule has 15 heavy (non-hydrogen) atoms. The first kappa shape index (κ1) is 13.0. The summed E-state index contributed by atoms with van der Waals surface area (Å²) in [4.78, 5) is 0. The van der Waals surface area contributed by atoms with Crippen LogP contribution in [0.5, 0.6) is 0 Å². The highest BCUT2D eigenvalue weighted by molar-refractivity contribution is 4.77. The second kappa shape index (κ2) is 5.31. The second-order valence-corrected chi connectivity index (χ2v) is 6.02. The zero-order valence-corrected chi connectivity index (χ0v) is 10.6. The van der Waals surface area contributed by atoms with Crippen LogP contribution >= 0.6 is 0 Å². The van der Waals surface area contributed by atoms with Gasteiger partial charge in [-0.15, -0.1) is 0 Å². The van der Waals surface area contributed by atoms with E-state index in [4.69, 9.17) is 4.74 Å². The smallest absolute Gasteiger partial charge is 0.0802 e. The highest BCUT2D eigenvalue weighted by Gasteiger charge is 2.26. The molecule has 3 atom stereocenters. The van der Waals surface area contributed by atoms with Crippen LogP contribution in [0.2, 0.25) is 0 Å². The van der Waals surface area contributed by atoms with Crippen molar-refractivity contribution in [1.29, 1.82) is 0 Å². The van der Waals surface area contributed by atoms with Crippen molar-refractivity contribution >= 4 is 0 Å². The molecule has 0 aromatic carbocycles. The predicted molar refractivity (Wildman–Crippen MR) is 62.8 cm³/mol. The lowest BCUT2D eigenvalue weighted by Gasteiger charge is -2.32. The summed E-state index contributed by atoms with van der Waals surface area (Å²) < 4.78 is 5.63. The molecule has 1 fully saturated rings. The molecule has 2 heteroatoms. The second-order valence-electron chi connectivity index (χ2n) is 6.02. The lowest BCUT2D eigenvalue weighted by Crippen LogP contribution is -2.33. The van der Waals surface area contributed by atoms with Gasteiger partial charge in [0, 0.05) is 0 Å². The fourth-order valence-electron chi connectivity index (χ4n) is 2.30. The largest absolute Gasteiger partial charge is 0.390 e. The maximum Gasteiger partial charge on any atom is 0.0802 e. The van der Waals surface area contributed by atoms with Crippen LogP contribution in [0.4, 0.5) is 0 Å². The number of rotatable bonds is 3. The van der Waals surface area contributed by atoms with E-state index >= 15 is 0 Å². The molecule has 1 aliphatic rings. The fourth-order valence-corrected chi connectivity index (χ4v) is 2.30. The monoisotopic (exact) mass is 214 g/mol. The highest BCUT2D eigenvalue weighted by Crippen LogP contribution is 2.31. The van der Waals surface area contributed by atoms with Gasteiger partial charge >= 0.3 is 0 Å². The van der Waals surface area contributed by atoms with Crippen molar-refractivity contribution in [2.45, 2.75) is 65.1 Å². The van der Waals surface area contributed by atoms with Crippen LogP contribution in [0.3, 0.4) is 0 Å². The summed E-state index contributed by atoms with van der Waals surface area (Å²) in [6, 6.07) is 0. The standard InChI is InChI=1S/C13H26O2/c1-10-6-5-7-11(8-10)12(14)9-15-13(2,3)4/h10-12,14H,5-9H2,1-4H3. The Morgan fingerprint density at radius 3 is 2.53 bits per heavy atom. The average Bonchev–Trinajstić information content (AvgIpc) is 2.13. The van der Waals surface area contributed by atoms with Crippen LogP contribution in [-0.2, 0) is 4.74 Å². The van der Waals surface area contributed by atoms with Gasteiger partial charge in [-0.25, -0.2) is 0 Å². The molecule has 1 aliphatic carbocycles. The first-order valence-corrected chi connectivity index (χ1v) is 6.20. The van der Waals surface area contributed by atoms with E-state index in [-0.39, 0.29) is 11.7 Å². The van der Waals surface area contributed by atoms with Gasteiger partial charge in [-0.3, -0.25) is 0 Å². The van der Waals surface area contributed by atoms with E-state index in [1.54, 1.807) is 0 Å². The average molecular weight is 214 g/mol. The van der Waals surface area contributed by atoms with Crippen LogP contribution in [0.1, 0.15) is 53.4 Å². The molecular formula is C13H26O2. The SMILES string of the molecule is CC1CCCC(C(O)COC(C)(C)C)C1. The number of aliphatic hydroxyl groups excluding tert-OH is 1. The molecule has 2 nitrogen and oxygen atoms in total. The number of ether oxygens (including phenoxy) is 1. The maximum atomic E-state index is 10.0. The summed E-state index contributed by atoms with van der Waals surface area (Å²) in [5, 5.41) is 10.0. The number of hydrogen-bond donors (Lipinski definition) is 1. The predicted octanol–water partition coefficient (Wildman–Crippen LogP) is 2.99. The van der Waals surface area contributed by atoms with E-state index in [1.807, 2.05) is 20.8 Å². The van der Waals surface area contributed by atoms with E-state index in [1.165, 1.54) is 19.3 Å². The van der Waals surface area contributed by atoms with Crippen LogP contribution in [0.25, 0.3) is 0 Å². The van der Waals surface area contributed by atoms with E-state index in [2.05, 4.69) is 6.92 Å². The maximum absolute atomic E-state index is 10.0.